The lowest BCUT2D eigenvalue weighted by Crippen LogP contribution is -2.53. The molecule has 164 valence electrons. The summed E-state index contributed by atoms with van der Waals surface area (Å²) >= 11 is 0. The summed E-state index contributed by atoms with van der Waals surface area (Å²) in [5.74, 6) is -0.655. The summed E-state index contributed by atoms with van der Waals surface area (Å²) in [4.78, 5) is 40.0. The summed E-state index contributed by atoms with van der Waals surface area (Å²) in [6, 6.07) is 13.5. The Morgan fingerprint density at radius 2 is 1.50 bits per heavy atom. The number of fused-ring (bicyclic) bond motifs is 1. The second-order valence-corrected chi connectivity index (χ2v) is 8.82. The van der Waals surface area contributed by atoms with E-state index in [0.717, 1.165) is 22.3 Å². The van der Waals surface area contributed by atoms with Gasteiger partial charge < -0.3 is 20.6 Å². The van der Waals surface area contributed by atoms with Crippen molar-refractivity contribution in [2.24, 2.45) is 5.73 Å². The molecule has 0 bridgehead atoms. The van der Waals surface area contributed by atoms with Crippen molar-refractivity contribution in [3.8, 4) is 11.1 Å². The predicted molar refractivity (Wildman–Crippen MR) is 119 cm³/mol. The van der Waals surface area contributed by atoms with Gasteiger partial charge in [0.05, 0.1) is 0 Å². The minimum atomic E-state index is -1.16. The van der Waals surface area contributed by atoms with E-state index >= 15 is 0 Å². The number of piperazine rings is 1. The molecule has 1 saturated carbocycles. The molecule has 1 aliphatic heterocycles. The normalized spacial score (nSPS) is 18.7. The van der Waals surface area contributed by atoms with Crippen LogP contribution in [0.1, 0.15) is 34.3 Å². The fourth-order valence-electron chi connectivity index (χ4n) is 4.40. The average Bonchev–Trinajstić information content (AvgIpc) is 3.42. The highest BCUT2D eigenvalue weighted by Crippen LogP contribution is 2.37. The zero-order valence-corrected chi connectivity index (χ0v) is 17.7. The van der Waals surface area contributed by atoms with Gasteiger partial charge in [0, 0.05) is 43.7 Å². The van der Waals surface area contributed by atoms with Gasteiger partial charge in [-0.15, -0.1) is 0 Å². The first-order valence-electron chi connectivity index (χ1n) is 10.9. The lowest BCUT2D eigenvalue weighted by atomic mass is 9.99. The van der Waals surface area contributed by atoms with E-state index in [-0.39, 0.29) is 17.7 Å². The maximum Gasteiger partial charge on any atom is 0.254 e. The van der Waals surface area contributed by atoms with Crippen LogP contribution in [0.4, 0.5) is 0 Å². The first kappa shape index (κ1) is 20.5. The summed E-state index contributed by atoms with van der Waals surface area (Å²) in [6.07, 6.45) is 3.47. The fraction of sp³-hybridized carbons (Fsp3) is 0.320. The monoisotopic (exact) mass is 431 g/mol. The van der Waals surface area contributed by atoms with E-state index in [0.29, 0.717) is 56.6 Å². The Labute approximate surface area is 186 Å². The SMILES string of the molecule is NC(=O)C1=Cc2cc(-c3ccc(C(=O)N4CCN(C(=O)C5(O)CC5)CC4)cc3)ccc2C1. The van der Waals surface area contributed by atoms with Crippen LogP contribution in [0, 0.1) is 0 Å². The summed E-state index contributed by atoms with van der Waals surface area (Å²) < 4.78 is 0. The van der Waals surface area contributed by atoms with Gasteiger partial charge in [0.25, 0.3) is 11.8 Å². The average molecular weight is 431 g/mol. The minimum Gasteiger partial charge on any atom is -0.380 e. The highest BCUT2D eigenvalue weighted by Gasteiger charge is 2.50. The summed E-state index contributed by atoms with van der Waals surface area (Å²) in [7, 11) is 0. The maximum atomic E-state index is 12.9. The minimum absolute atomic E-state index is 0.0585. The summed E-state index contributed by atoms with van der Waals surface area (Å²) in [5, 5.41) is 10.0. The van der Waals surface area contributed by atoms with E-state index < -0.39 is 5.60 Å². The van der Waals surface area contributed by atoms with Gasteiger partial charge in [0.15, 0.2) is 0 Å². The van der Waals surface area contributed by atoms with E-state index in [1.54, 1.807) is 9.80 Å². The Bertz CT molecular complexity index is 1140. The first-order valence-corrected chi connectivity index (χ1v) is 10.9. The number of hydrogen-bond acceptors (Lipinski definition) is 4. The molecule has 5 rings (SSSR count). The van der Waals surface area contributed by atoms with Crippen molar-refractivity contribution in [1.29, 1.82) is 0 Å². The number of primary amides is 1. The van der Waals surface area contributed by atoms with Crippen molar-refractivity contribution in [2.75, 3.05) is 26.2 Å². The van der Waals surface area contributed by atoms with Gasteiger partial charge in [-0.05, 0) is 59.4 Å². The first-order chi connectivity index (χ1) is 15.3. The smallest absolute Gasteiger partial charge is 0.254 e. The van der Waals surface area contributed by atoms with Crippen LogP contribution < -0.4 is 5.73 Å². The van der Waals surface area contributed by atoms with E-state index in [2.05, 4.69) is 0 Å². The number of aliphatic hydroxyl groups is 1. The molecule has 1 heterocycles. The zero-order valence-electron chi connectivity index (χ0n) is 17.7. The molecule has 1 saturated heterocycles. The second-order valence-electron chi connectivity index (χ2n) is 8.82. The number of amides is 3. The topological polar surface area (TPSA) is 104 Å². The van der Waals surface area contributed by atoms with E-state index in [1.165, 1.54) is 0 Å². The number of nitrogens with two attached hydrogens (primary N) is 1. The van der Waals surface area contributed by atoms with E-state index in [1.807, 2.05) is 48.5 Å². The molecule has 32 heavy (non-hydrogen) atoms. The van der Waals surface area contributed by atoms with Crippen LogP contribution in [0.2, 0.25) is 0 Å². The molecule has 7 heteroatoms. The van der Waals surface area contributed by atoms with E-state index in [4.69, 9.17) is 5.73 Å². The molecule has 2 fully saturated rings. The Kier molecular flexibility index (Phi) is 4.86. The summed E-state index contributed by atoms with van der Waals surface area (Å²) in [6.45, 7) is 1.81. The Morgan fingerprint density at radius 3 is 2.12 bits per heavy atom. The van der Waals surface area contributed by atoms with Crippen LogP contribution in [-0.2, 0) is 16.0 Å². The Balaban J connectivity index is 1.25. The molecule has 0 aromatic heterocycles. The van der Waals surface area contributed by atoms with Crippen LogP contribution in [0.3, 0.4) is 0 Å². The highest BCUT2D eigenvalue weighted by atomic mass is 16.3. The van der Waals surface area contributed by atoms with E-state index in [9.17, 15) is 19.5 Å². The molecular weight excluding hydrogens is 406 g/mol. The van der Waals surface area contributed by atoms with Gasteiger partial charge in [-0.2, -0.15) is 0 Å². The molecule has 2 aliphatic carbocycles. The van der Waals surface area contributed by atoms with Crippen molar-refractivity contribution < 1.29 is 19.5 Å². The molecule has 3 aliphatic rings. The number of hydrogen-bond donors (Lipinski definition) is 2. The molecule has 2 aromatic rings. The largest absolute Gasteiger partial charge is 0.380 e. The maximum absolute atomic E-state index is 12.9. The Hall–Kier alpha value is -3.45. The standard InChI is InChI=1S/C25H25N3O4/c26-22(29)21-14-19-6-5-18(13-20(19)15-21)16-1-3-17(4-2-16)23(30)27-9-11-28(12-10-27)24(31)25(32)7-8-25/h1-6,13,15,32H,7-12,14H2,(H2,26,29). The third-order valence-corrected chi connectivity index (χ3v) is 6.61. The van der Waals surface area contributed by atoms with Crippen molar-refractivity contribution in [3.63, 3.8) is 0 Å². The molecule has 3 amide bonds. The van der Waals surface area contributed by atoms with Crippen molar-refractivity contribution in [3.05, 3.63) is 64.7 Å². The van der Waals surface area contributed by atoms with Gasteiger partial charge in [-0.1, -0.05) is 24.3 Å². The Morgan fingerprint density at radius 1 is 0.875 bits per heavy atom. The van der Waals surface area contributed by atoms with Gasteiger partial charge in [0.1, 0.15) is 5.60 Å². The molecule has 0 spiro atoms. The quantitative estimate of drug-likeness (QED) is 0.767. The van der Waals surface area contributed by atoms with Crippen molar-refractivity contribution >= 4 is 23.8 Å². The molecule has 3 N–H and O–H groups in total. The number of nitrogens with zero attached hydrogens (tertiary/aromatic N) is 2. The fourth-order valence-corrected chi connectivity index (χ4v) is 4.40. The predicted octanol–water partition coefficient (Wildman–Crippen LogP) is 1.59. The number of rotatable bonds is 4. The third-order valence-electron chi connectivity index (χ3n) is 6.61. The lowest BCUT2D eigenvalue weighted by molar-refractivity contribution is -0.143. The zero-order chi connectivity index (χ0) is 22.5. The van der Waals surface area contributed by atoms with Crippen LogP contribution in [0.5, 0.6) is 0 Å². The number of carbonyl (C=O) groups is 3. The third kappa shape index (κ3) is 3.69. The van der Waals surface area contributed by atoms with Crippen LogP contribution in [0.15, 0.2) is 48.0 Å². The van der Waals surface area contributed by atoms with Gasteiger partial charge in [0.2, 0.25) is 5.91 Å². The molecular formula is C25H25N3O4. The van der Waals surface area contributed by atoms with Gasteiger partial charge in [-0.25, -0.2) is 0 Å². The van der Waals surface area contributed by atoms with Crippen LogP contribution in [-0.4, -0.2) is 64.4 Å². The van der Waals surface area contributed by atoms with Crippen LogP contribution >= 0.6 is 0 Å². The molecule has 0 unspecified atom stereocenters. The van der Waals surface area contributed by atoms with Gasteiger partial charge >= 0.3 is 0 Å². The second kappa shape index (κ2) is 7.60. The summed E-state index contributed by atoms with van der Waals surface area (Å²) in [5.41, 5.74) is 9.54. The van der Waals surface area contributed by atoms with Crippen molar-refractivity contribution in [2.45, 2.75) is 24.9 Å². The lowest BCUT2D eigenvalue weighted by Gasteiger charge is -2.35. The van der Waals surface area contributed by atoms with Gasteiger partial charge in [-0.3, -0.25) is 14.4 Å². The molecule has 0 radical (unpaired) electrons. The molecule has 2 aromatic carbocycles. The van der Waals surface area contributed by atoms with Crippen molar-refractivity contribution in [1.82, 2.24) is 9.80 Å². The molecule has 0 atom stereocenters. The molecule has 7 nitrogen and oxygen atoms in total. The highest BCUT2D eigenvalue weighted by molar-refractivity contribution is 5.99. The number of benzene rings is 2. The van der Waals surface area contributed by atoms with Crippen LogP contribution in [0.25, 0.3) is 17.2 Å². The number of carbonyl (C=O) groups excluding carboxylic acids is 3.